The number of rotatable bonds is 2. The molecule has 3 heterocycles. The van der Waals surface area contributed by atoms with E-state index in [-0.39, 0.29) is 12.4 Å². The Hall–Kier alpha value is -2.31. The lowest BCUT2D eigenvalue weighted by Gasteiger charge is -2.18. The molecule has 0 bridgehead atoms. The highest BCUT2D eigenvalue weighted by atomic mass is 35.5. The van der Waals surface area contributed by atoms with Crippen molar-refractivity contribution in [3.8, 4) is 23.0 Å². The quantitative estimate of drug-likeness (QED) is 0.726. The smallest absolute Gasteiger partial charge is 0.165 e. The van der Waals surface area contributed by atoms with Crippen molar-refractivity contribution in [3.63, 3.8) is 0 Å². The van der Waals surface area contributed by atoms with E-state index in [9.17, 15) is 5.11 Å². The van der Waals surface area contributed by atoms with Crippen LogP contribution in [-0.4, -0.2) is 31.0 Å². The van der Waals surface area contributed by atoms with Crippen LogP contribution < -0.4 is 5.32 Å². The van der Waals surface area contributed by atoms with Crippen molar-refractivity contribution < 1.29 is 5.11 Å². The van der Waals surface area contributed by atoms with E-state index >= 15 is 0 Å². The second-order valence-electron chi connectivity index (χ2n) is 6.86. The Morgan fingerprint density at radius 1 is 1.08 bits per heavy atom. The molecule has 136 valence electrons. The van der Waals surface area contributed by atoms with Gasteiger partial charge < -0.3 is 10.4 Å². The number of phenols is 1. The van der Waals surface area contributed by atoms with E-state index in [1.54, 1.807) is 6.20 Å². The molecule has 0 amide bonds. The Morgan fingerprint density at radius 3 is 2.69 bits per heavy atom. The van der Waals surface area contributed by atoms with Gasteiger partial charge in [0.15, 0.2) is 5.82 Å². The van der Waals surface area contributed by atoms with E-state index in [1.807, 2.05) is 21.5 Å². The van der Waals surface area contributed by atoms with Crippen LogP contribution in [0, 0.1) is 0 Å². The van der Waals surface area contributed by atoms with Gasteiger partial charge in [-0.3, -0.25) is 9.25 Å². The molecule has 3 aromatic rings. The highest BCUT2D eigenvalue weighted by molar-refractivity contribution is 5.85. The molecule has 0 fully saturated rings. The number of fused-ring (bicyclic) bond motifs is 2. The fraction of sp³-hybridized carbons (Fsp3) is 0.368. The molecule has 0 saturated heterocycles. The summed E-state index contributed by atoms with van der Waals surface area (Å²) in [6, 6.07) is 6.13. The molecule has 1 aliphatic carbocycles. The minimum atomic E-state index is 0. The number of halogens is 1. The zero-order valence-corrected chi connectivity index (χ0v) is 15.3. The van der Waals surface area contributed by atoms with Crippen molar-refractivity contribution in [1.29, 1.82) is 0 Å². The SMILES string of the molecule is Cl.Oc1cc2c(cc1-n1ccnc1-c1cc3n(n1)CCNC3)CCCC2. The van der Waals surface area contributed by atoms with Crippen molar-refractivity contribution in [2.75, 3.05) is 6.54 Å². The third-order valence-electron chi connectivity index (χ3n) is 5.24. The topological polar surface area (TPSA) is 67.9 Å². The Bertz CT molecular complexity index is 922. The van der Waals surface area contributed by atoms with Crippen molar-refractivity contribution in [2.45, 2.75) is 38.8 Å². The van der Waals surface area contributed by atoms with Gasteiger partial charge in [0.2, 0.25) is 0 Å². The highest BCUT2D eigenvalue weighted by Gasteiger charge is 2.19. The molecule has 5 rings (SSSR count). The number of nitrogens with one attached hydrogen (secondary N) is 1. The van der Waals surface area contributed by atoms with Crippen LogP contribution in [0.2, 0.25) is 0 Å². The van der Waals surface area contributed by atoms with Crippen LogP contribution >= 0.6 is 12.4 Å². The van der Waals surface area contributed by atoms with Gasteiger partial charge in [-0.15, -0.1) is 12.4 Å². The van der Waals surface area contributed by atoms with Crippen LogP contribution in [0.3, 0.4) is 0 Å². The minimum absolute atomic E-state index is 0. The predicted octanol–water partition coefficient (Wildman–Crippen LogP) is 2.85. The van der Waals surface area contributed by atoms with Gasteiger partial charge in [0.25, 0.3) is 0 Å². The van der Waals surface area contributed by atoms with E-state index in [0.717, 1.165) is 49.7 Å². The monoisotopic (exact) mass is 371 g/mol. The Balaban J connectivity index is 0.00000168. The zero-order chi connectivity index (χ0) is 16.8. The fourth-order valence-corrected chi connectivity index (χ4v) is 3.94. The first kappa shape index (κ1) is 17.1. The molecule has 0 saturated carbocycles. The van der Waals surface area contributed by atoms with Crippen molar-refractivity contribution >= 4 is 12.4 Å². The summed E-state index contributed by atoms with van der Waals surface area (Å²) in [5.74, 6) is 1.08. The number of hydrogen-bond donors (Lipinski definition) is 2. The minimum Gasteiger partial charge on any atom is -0.506 e. The lowest BCUT2D eigenvalue weighted by Crippen LogP contribution is -2.28. The normalized spacial score (nSPS) is 15.8. The van der Waals surface area contributed by atoms with Crippen molar-refractivity contribution in [3.05, 3.63) is 47.4 Å². The summed E-state index contributed by atoms with van der Waals surface area (Å²) >= 11 is 0. The van der Waals surface area contributed by atoms with E-state index in [4.69, 9.17) is 5.10 Å². The summed E-state index contributed by atoms with van der Waals surface area (Å²) in [5.41, 5.74) is 5.42. The van der Waals surface area contributed by atoms with E-state index in [0.29, 0.717) is 5.75 Å². The standard InChI is InChI=1S/C19H21N5O.ClH/c25-18-10-14-4-2-1-3-13(14)9-17(18)23-7-6-21-19(23)16-11-15-12-20-5-8-24(15)22-16;/h6-7,9-11,20,25H,1-5,8,12H2;1H. The van der Waals surface area contributed by atoms with E-state index in [1.165, 1.54) is 29.7 Å². The first-order valence-electron chi connectivity index (χ1n) is 8.96. The molecule has 2 aliphatic rings. The second-order valence-corrected chi connectivity index (χ2v) is 6.86. The highest BCUT2D eigenvalue weighted by Crippen LogP contribution is 2.33. The molecule has 2 N–H and O–H groups in total. The maximum absolute atomic E-state index is 10.6. The molecule has 0 spiro atoms. The lowest BCUT2D eigenvalue weighted by molar-refractivity contribution is 0.470. The Kier molecular flexibility index (Phi) is 4.46. The number of hydrogen-bond acceptors (Lipinski definition) is 4. The summed E-state index contributed by atoms with van der Waals surface area (Å²) in [5, 5.41) is 18.7. The molecule has 0 unspecified atom stereocenters. The number of phenolic OH excluding ortho intramolecular Hbond substituents is 1. The first-order chi connectivity index (χ1) is 12.3. The van der Waals surface area contributed by atoms with Crippen LogP contribution in [-0.2, 0) is 25.9 Å². The van der Waals surface area contributed by atoms with Crippen LogP contribution in [0.5, 0.6) is 5.75 Å². The maximum atomic E-state index is 10.6. The molecule has 0 atom stereocenters. The first-order valence-corrected chi connectivity index (χ1v) is 8.96. The number of aryl methyl sites for hydroxylation is 2. The molecule has 26 heavy (non-hydrogen) atoms. The predicted molar refractivity (Wildman–Crippen MR) is 102 cm³/mol. The van der Waals surface area contributed by atoms with Gasteiger partial charge in [0.1, 0.15) is 11.4 Å². The molecule has 7 heteroatoms. The largest absolute Gasteiger partial charge is 0.506 e. The van der Waals surface area contributed by atoms with Gasteiger partial charge in [-0.1, -0.05) is 0 Å². The lowest BCUT2D eigenvalue weighted by atomic mass is 9.91. The van der Waals surface area contributed by atoms with Gasteiger partial charge >= 0.3 is 0 Å². The maximum Gasteiger partial charge on any atom is 0.165 e. The van der Waals surface area contributed by atoms with Crippen LogP contribution in [0.1, 0.15) is 29.7 Å². The zero-order valence-electron chi connectivity index (χ0n) is 14.5. The molecule has 1 aromatic carbocycles. The van der Waals surface area contributed by atoms with Crippen LogP contribution in [0.15, 0.2) is 30.6 Å². The average Bonchev–Trinajstić information content (AvgIpc) is 3.27. The third-order valence-corrected chi connectivity index (χ3v) is 5.24. The molecule has 2 aromatic heterocycles. The summed E-state index contributed by atoms with van der Waals surface area (Å²) in [6.07, 6.45) is 8.23. The summed E-state index contributed by atoms with van der Waals surface area (Å²) < 4.78 is 3.99. The molecule has 6 nitrogen and oxygen atoms in total. The molecule has 0 radical (unpaired) electrons. The van der Waals surface area contributed by atoms with E-state index < -0.39 is 0 Å². The fourth-order valence-electron chi connectivity index (χ4n) is 3.94. The van der Waals surface area contributed by atoms with Gasteiger partial charge in [0, 0.05) is 25.5 Å². The second kappa shape index (κ2) is 6.78. The Morgan fingerprint density at radius 2 is 1.88 bits per heavy atom. The third kappa shape index (κ3) is 2.79. The summed E-state index contributed by atoms with van der Waals surface area (Å²) in [4.78, 5) is 4.52. The molecular weight excluding hydrogens is 350 g/mol. The summed E-state index contributed by atoms with van der Waals surface area (Å²) in [7, 11) is 0. The molecule has 1 aliphatic heterocycles. The van der Waals surface area contributed by atoms with Crippen molar-refractivity contribution in [1.82, 2.24) is 24.6 Å². The number of aromatic nitrogens is 4. The number of nitrogens with zero attached hydrogens (tertiary/aromatic N) is 4. The van der Waals surface area contributed by atoms with Crippen LogP contribution in [0.4, 0.5) is 0 Å². The average molecular weight is 372 g/mol. The van der Waals surface area contributed by atoms with Gasteiger partial charge in [-0.2, -0.15) is 5.10 Å². The van der Waals surface area contributed by atoms with Gasteiger partial charge in [0.05, 0.1) is 17.9 Å². The summed E-state index contributed by atoms with van der Waals surface area (Å²) in [6.45, 7) is 2.64. The number of imidazole rings is 1. The van der Waals surface area contributed by atoms with Gasteiger partial charge in [-0.25, -0.2) is 4.98 Å². The van der Waals surface area contributed by atoms with Crippen molar-refractivity contribution in [2.24, 2.45) is 0 Å². The number of aromatic hydroxyl groups is 1. The Labute approximate surface area is 158 Å². The van der Waals surface area contributed by atoms with Crippen LogP contribution in [0.25, 0.3) is 17.2 Å². The number of benzene rings is 1. The molecular formula is C19H22ClN5O. The van der Waals surface area contributed by atoms with E-state index in [2.05, 4.69) is 22.4 Å². The van der Waals surface area contributed by atoms with Gasteiger partial charge in [-0.05, 0) is 55.0 Å².